The summed E-state index contributed by atoms with van der Waals surface area (Å²) in [6.45, 7) is 3.74. The van der Waals surface area contributed by atoms with Crippen LogP contribution in [0.3, 0.4) is 0 Å². The van der Waals surface area contributed by atoms with Crippen LogP contribution in [0, 0.1) is 5.92 Å². The molecule has 194 valence electrons. The number of rotatable bonds is 8. The second-order valence-electron chi connectivity index (χ2n) is 9.76. The average molecular weight is 512 g/mol. The van der Waals surface area contributed by atoms with Gasteiger partial charge in [-0.15, -0.1) is 5.10 Å². The molecule has 9 heteroatoms. The van der Waals surface area contributed by atoms with E-state index in [1.165, 1.54) is 4.68 Å². The minimum absolute atomic E-state index is 0.0764. The summed E-state index contributed by atoms with van der Waals surface area (Å²) < 4.78 is 6.70. The van der Waals surface area contributed by atoms with E-state index in [1.807, 2.05) is 56.3 Å². The lowest BCUT2D eigenvalue weighted by Gasteiger charge is -2.19. The third-order valence-electron chi connectivity index (χ3n) is 6.64. The second-order valence-corrected chi connectivity index (χ2v) is 9.76. The van der Waals surface area contributed by atoms with E-state index in [1.54, 1.807) is 18.2 Å². The fourth-order valence-electron chi connectivity index (χ4n) is 4.92. The lowest BCUT2D eigenvalue weighted by molar-refractivity contribution is -0.120. The van der Waals surface area contributed by atoms with Gasteiger partial charge < -0.3 is 15.4 Å². The smallest absolute Gasteiger partial charge is 0.407 e. The van der Waals surface area contributed by atoms with E-state index in [0.717, 1.165) is 22.3 Å². The van der Waals surface area contributed by atoms with Gasteiger partial charge in [0, 0.05) is 5.92 Å². The van der Waals surface area contributed by atoms with Crippen molar-refractivity contribution in [2.75, 3.05) is 13.2 Å². The van der Waals surface area contributed by atoms with Crippen molar-refractivity contribution in [2.45, 2.75) is 32.2 Å². The molecule has 0 saturated carbocycles. The van der Waals surface area contributed by atoms with Crippen LogP contribution in [-0.2, 0) is 9.53 Å². The second kappa shape index (κ2) is 10.8. The Bertz CT molecular complexity index is 1450. The highest BCUT2D eigenvalue weighted by Crippen LogP contribution is 2.44. The molecule has 0 radical (unpaired) electrons. The number of hydrogen-bond acceptors (Lipinski definition) is 6. The number of benzene rings is 3. The highest BCUT2D eigenvalue weighted by molar-refractivity contribution is 5.94. The first-order valence-corrected chi connectivity index (χ1v) is 12.6. The highest BCUT2D eigenvalue weighted by atomic mass is 16.5. The van der Waals surface area contributed by atoms with E-state index < -0.39 is 18.0 Å². The summed E-state index contributed by atoms with van der Waals surface area (Å²) in [5, 5.41) is 13.2. The van der Waals surface area contributed by atoms with E-state index in [9.17, 15) is 14.4 Å². The zero-order valence-corrected chi connectivity index (χ0v) is 21.3. The molecule has 0 bridgehead atoms. The molecule has 38 heavy (non-hydrogen) atoms. The van der Waals surface area contributed by atoms with Crippen LogP contribution in [0.2, 0.25) is 0 Å². The summed E-state index contributed by atoms with van der Waals surface area (Å²) >= 11 is 0. The Hall–Kier alpha value is -4.53. The van der Waals surface area contributed by atoms with Crippen molar-refractivity contribution in [2.24, 2.45) is 5.92 Å². The maximum Gasteiger partial charge on any atom is 0.407 e. The van der Waals surface area contributed by atoms with Crippen LogP contribution in [0.5, 0.6) is 0 Å². The molecular formula is C29H29N5O4. The monoisotopic (exact) mass is 511 g/mol. The standard InChI is InChI=1S/C29H29N5O4/c1-18(2)15-25(28(36)34-26-14-8-7-13-24(26)32-33-34)31-27(35)16-30-29(37)38-17-23-21-11-5-3-9-19(21)20-10-4-6-12-22(20)23/h3-14,18,23,25H,15-17H2,1-2H3,(H,30,37)(H,31,35)/t25-/m0/s1. The molecule has 0 aliphatic heterocycles. The Balaban J connectivity index is 1.18. The Morgan fingerprint density at radius 2 is 1.55 bits per heavy atom. The van der Waals surface area contributed by atoms with Crippen LogP contribution < -0.4 is 10.6 Å². The molecule has 5 rings (SSSR count). The Labute approximate surface area is 220 Å². The first-order valence-electron chi connectivity index (χ1n) is 12.6. The van der Waals surface area contributed by atoms with Crippen LogP contribution in [0.25, 0.3) is 22.2 Å². The van der Waals surface area contributed by atoms with E-state index >= 15 is 0 Å². The van der Waals surface area contributed by atoms with Crippen LogP contribution in [0.15, 0.2) is 72.8 Å². The predicted molar refractivity (Wildman–Crippen MR) is 143 cm³/mol. The Morgan fingerprint density at radius 3 is 2.24 bits per heavy atom. The van der Waals surface area contributed by atoms with Crippen molar-refractivity contribution >= 4 is 28.9 Å². The van der Waals surface area contributed by atoms with Gasteiger partial charge in [-0.25, -0.2) is 4.79 Å². The van der Waals surface area contributed by atoms with E-state index in [4.69, 9.17) is 4.74 Å². The first-order chi connectivity index (χ1) is 18.4. The van der Waals surface area contributed by atoms with Gasteiger partial charge in [0.05, 0.1) is 5.52 Å². The first kappa shape index (κ1) is 25.1. The fourth-order valence-corrected chi connectivity index (χ4v) is 4.92. The summed E-state index contributed by atoms with van der Waals surface area (Å²) in [4.78, 5) is 38.4. The molecule has 1 atom stereocenters. The van der Waals surface area contributed by atoms with E-state index in [-0.39, 0.29) is 30.9 Å². The summed E-state index contributed by atoms with van der Waals surface area (Å²) in [7, 11) is 0. The van der Waals surface area contributed by atoms with Gasteiger partial charge in [0.1, 0.15) is 24.7 Å². The Kier molecular flexibility index (Phi) is 7.17. The van der Waals surface area contributed by atoms with Gasteiger partial charge >= 0.3 is 6.09 Å². The number of hydrogen-bond donors (Lipinski definition) is 2. The lowest BCUT2D eigenvalue weighted by atomic mass is 9.98. The summed E-state index contributed by atoms with van der Waals surface area (Å²) in [5.41, 5.74) is 5.64. The van der Waals surface area contributed by atoms with Gasteiger partial charge in [0.2, 0.25) is 5.91 Å². The van der Waals surface area contributed by atoms with Gasteiger partial charge in [0.25, 0.3) is 5.91 Å². The minimum atomic E-state index is -0.822. The third-order valence-corrected chi connectivity index (χ3v) is 6.64. The fraction of sp³-hybridized carbons (Fsp3) is 0.276. The van der Waals surface area contributed by atoms with Crippen LogP contribution in [0.4, 0.5) is 4.79 Å². The molecule has 1 aliphatic rings. The molecule has 0 unspecified atom stereocenters. The summed E-state index contributed by atoms with van der Waals surface area (Å²) in [6.07, 6.45) is -0.292. The maximum atomic E-state index is 13.2. The third kappa shape index (κ3) is 5.13. The van der Waals surface area contributed by atoms with Crippen LogP contribution >= 0.6 is 0 Å². The molecule has 1 heterocycles. The van der Waals surface area contributed by atoms with Crippen molar-refractivity contribution in [1.82, 2.24) is 25.6 Å². The van der Waals surface area contributed by atoms with Gasteiger partial charge in [0.15, 0.2) is 0 Å². The number of amides is 2. The van der Waals surface area contributed by atoms with Gasteiger partial charge in [-0.2, -0.15) is 4.68 Å². The van der Waals surface area contributed by atoms with Crippen LogP contribution in [0.1, 0.15) is 42.1 Å². The number of alkyl carbamates (subject to hydrolysis) is 1. The van der Waals surface area contributed by atoms with Gasteiger partial charge in [-0.3, -0.25) is 9.59 Å². The molecule has 1 aliphatic carbocycles. The number of fused-ring (bicyclic) bond motifs is 4. The van der Waals surface area contributed by atoms with Gasteiger partial charge in [-0.1, -0.05) is 79.7 Å². The number of carbonyl (C=O) groups excluding carboxylic acids is 3. The minimum Gasteiger partial charge on any atom is -0.449 e. The molecule has 0 saturated heterocycles. The lowest BCUT2D eigenvalue weighted by Crippen LogP contribution is -2.48. The van der Waals surface area contributed by atoms with Crippen molar-refractivity contribution in [3.8, 4) is 11.1 Å². The number of ether oxygens (including phenoxy) is 1. The normalized spacial score (nSPS) is 13.1. The summed E-state index contributed by atoms with van der Waals surface area (Å²) in [6, 6.07) is 22.4. The molecule has 9 nitrogen and oxygen atoms in total. The van der Waals surface area contributed by atoms with Gasteiger partial charge in [-0.05, 0) is 46.7 Å². The molecule has 2 N–H and O–H groups in total. The van der Waals surface area contributed by atoms with Crippen molar-refractivity contribution in [1.29, 1.82) is 0 Å². The Morgan fingerprint density at radius 1 is 0.921 bits per heavy atom. The molecule has 1 aromatic heterocycles. The molecule has 2 amide bonds. The number of aromatic nitrogens is 3. The van der Waals surface area contributed by atoms with E-state index in [0.29, 0.717) is 17.5 Å². The molecule has 3 aromatic carbocycles. The number of carbonyl (C=O) groups is 3. The van der Waals surface area contributed by atoms with Crippen molar-refractivity contribution in [3.63, 3.8) is 0 Å². The SMILES string of the molecule is CC(C)C[C@H](NC(=O)CNC(=O)OCC1c2ccccc2-c2ccccc21)C(=O)n1nnc2ccccc21. The number of nitrogens with zero attached hydrogens (tertiary/aromatic N) is 3. The highest BCUT2D eigenvalue weighted by Gasteiger charge is 2.29. The topological polar surface area (TPSA) is 115 Å². The maximum absolute atomic E-state index is 13.2. The largest absolute Gasteiger partial charge is 0.449 e. The zero-order valence-electron chi connectivity index (χ0n) is 21.3. The number of para-hydroxylation sites is 1. The quantitative estimate of drug-likeness (QED) is 0.367. The number of nitrogens with one attached hydrogen (secondary N) is 2. The van der Waals surface area contributed by atoms with E-state index in [2.05, 4.69) is 33.1 Å². The summed E-state index contributed by atoms with van der Waals surface area (Å²) in [5.74, 6) is -0.828. The van der Waals surface area contributed by atoms with Crippen LogP contribution in [-0.4, -0.2) is 52.1 Å². The molecule has 0 spiro atoms. The molecule has 4 aromatic rings. The predicted octanol–water partition coefficient (Wildman–Crippen LogP) is 4.14. The molecule has 0 fully saturated rings. The van der Waals surface area contributed by atoms with Crippen molar-refractivity contribution < 1.29 is 19.1 Å². The average Bonchev–Trinajstić information content (AvgIpc) is 3.49. The molecular weight excluding hydrogens is 482 g/mol. The van der Waals surface area contributed by atoms with Crippen molar-refractivity contribution in [3.05, 3.63) is 83.9 Å². The zero-order chi connectivity index (χ0) is 26.6.